The maximum absolute atomic E-state index is 11.9. The molecule has 2 rings (SSSR count). The van der Waals surface area contributed by atoms with Crippen molar-refractivity contribution in [2.75, 3.05) is 0 Å². The van der Waals surface area contributed by atoms with Crippen LogP contribution in [0.2, 0.25) is 5.02 Å². The minimum absolute atomic E-state index is 0.148. The minimum atomic E-state index is -0.148. The van der Waals surface area contributed by atoms with Crippen molar-refractivity contribution in [1.29, 1.82) is 0 Å². The lowest BCUT2D eigenvalue weighted by Crippen LogP contribution is -2.20. The lowest BCUT2D eigenvalue weighted by atomic mass is 10.0. The van der Waals surface area contributed by atoms with Gasteiger partial charge < -0.3 is 0 Å². The van der Waals surface area contributed by atoms with Gasteiger partial charge in [-0.1, -0.05) is 53.6 Å². The zero-order valence-electron chi connectivity index (χ0n) is 12.1. The number of benzene rings is 2. The van der Waals surface area contributed by atoms with Crippen LogP contribution >= 0.6 is 11.6 Å². The zero-order chi connectivity index (χ0) is 15.2. The highest BCUT2D eigenvalue weighted by atomic mass is 35.5. The molecule has 0 aliphatic carbocycles. The Hall–Kier alpha value is -2.13. The molecule has 0 saturated heterocycles. The van der Waals surface area contributed by atoms with Gasteiger partial charge in [0, 0.05) is 10.6 Å². The van der Waals surface area contributed by atoms with E-state index in [1.54, 1.807) is 12.3 Å². The highest BCUT2D eigenvalue weighted by molar-refractivity contribution is 6.33. The molecule has 1 amide bonds. The first-order valence-corrected chi connectivity index (χ1v) is 7.06. The average Bonchev–Trinajstić information content (AvgIpc) is 2.44. The van der Waals surface area contributed by atoms with Gasteiger partial charge in [0.15, 0.2) is 0 Å². The second-order valence-corrected chi connectivity index (χ2v) is 5.33. The van der Waals surface area contributed by atoms with Crippen LogP contribution in [0.25, 0.3) is 0 Å². The molecule has 0 aromatic heterocycles. The van der Waals surface area contributed by atoms with Crippen molar-refractivity contribution in [3.8, 4) is 0 Å². The van der Waals surface area contributed by atoms with Gasteiger partial charge in [-0.2, -0.15) is 5.10 Å². The number of carbonyl (C=O) groups is 1. The van der Waals surface area contributed by atoms with Crippen molar-refractivity contribution in [2.45, 2.75) is 20.3 Å². The predicted octanol–water partition coefficient (Wildman–Crippen LogP) is 3.65. The highest BCUT2D eigenvalue weighted by Crippen LogP contribution is 2.12. The molecule has 4 heteroatoms. The van der Waals surface area contributed by atoms with Crippen molar-refractivity contribution >= 4 is 23.7 Å². The first kappa shape index (κ1) is 15.3. The summed E-state index contributed by atoms with van der Waals surface area (Å²) in [5.41, 5.74) is 6.60. The maximum atomic E-state index is 11.9. The van der Waals surface area contributed by atoms with E-state index in [9.17, 15) is 4.79 Å². The number of aryl methyl sites for hydroxylation is 2. The molecule has 0 bridgehead atoms. The van der Waals surface area contributed by atoms with Crippen LogP contribution in [0.15, 0.2) is 47.6 Å². The molecular weight excluding hydrogens is 284 g/mol. The topological polar surface area (TPSA) is 41.5 Å². The molecule has 0 fully saturated rings. The molecular formula is C17H17ClN2O. The lowest BCUT2D eigenvalue weighted by Gasteiger charge is -2.05. The van der Waals surface area contributed by atoms with Crippen LogP contribution in [-0.2, 0) is 11.2 Å². The fourth-order valence-electron chi connectivity index (χ4n) is 2.01. The van der Waals surface area contributed by atoms with Crippen LogP contribution in [0, 0.1) is 13.8 Å². The molecule has 0 aliphatic rings. The smallest absolute Gasteiger partial charge is 0.244 e. The predicted molar refractivity (Wildman–Crippen MR) is 86.8 cm³/mol. The van der Waals surface area contributed by atoms with E-state index in [0.717, 1.165) is 16.7 Å². The number of nitrogens with one attached hydrogen (secondary N) is 1. The first-order valence-electron chi connectivity index (χ1n) is 6.69. The van der Waals surface area contributed by atoms with Crippen molar-refractivity contribution in [3.63, 3.8) is 0 Å². The Labute approximate surface area is 129 Å². The van der Waals surface area contributed by atoms with Gasteiger partial charge in [-0.05, 0) is 31.0 Å². The van der Waals surface area contributed by atoms with Crippen LogP contribution in [0.3, 0.4) is 0 Å². The largest absolute Gasteiger partial charge is 0.273 e. The number of hydrazone groups is 1. The van der Waals surface area contributed by atoms with E-state index in [2.05, 4.69) is 16.6 Å². The monoisotopic (exact) mass is 300 g/mol. The number of halogens is 1. The van der Waals surface area contributed by atoms with Gasteiger partial charge in [0.25, 0.3) is 0 Å². The Morgan fingerprint density at radius 2 is 2.00 bits per heavy atom. The van der Waals surface area contributed by atoms with Crippen molar-refractivity contribution in [3.05, 3.63) is 69.7 Å². The number of hydrogen-bond acceptors (Lipinski definition) is 2. The molecule has 2 aromatic rings. The van der Waals surface area contributed by atoms with Gasteiger partial charge in [-0.3, -0.25) is 4.79 Å². The second kappa shape index (κ2) is 7.04. The average molecular weight is 301 g/mol. The third-order valence-corrected chi connectivity index (χ3v) is 3.49. The van der Waals surface area contributed by atoms with Gasteiger partial charge in [0.1, 0.15) is 0 Å². The van der Waals surface area contributed by atoms with Gasteiger partial charge >= 0.3 is 0 Å². The van der Waals surface area contributed by atoms with Crippen molar-refractivity contribution in [2.24, 2.45) is 5.10 Å². The summed E-state index contributed by atoms with van der Waals surface area (Å²) in [7, 11) is 0. The quantitative estimate of drug-likeness (QED) is 0.679. The molecule has 1 N–H and O–H groups in total. The van der Waals surface area contributed by atoms with E-state index in [0.29, 0.717) is 11.4 Å². The number of nitrogens with zero attached hydrogens (tertiary/aromatic N) is 1. The number of amides is 1. The van der Waals surface area contributed by atoms with Crippen LogP contribution < -0.4 is 5.43 Å². The molecule has 0 heterocycles. The molecule has 0 aliphatic heterocycles. The van der Waals surface area contributed by atoms with E-state index in [1.807, 2.05) is 44.2 Å². The third-order valence-electron chi connectivity index (χ3n) is 3.15. The van der Waals surface area contributed by atoms with Crippen LogP contribution in [0.5, 0.6) is 0 Å². The van der Waals surface area contributed by atoms with E-state index in [-0.39, 0.29) is 5.91 Å². The van der Waals surface area contributed by atoms with E-state index in [1.165, 1.54) is 5.56 Å². The molecule has 0 spiro atoms. The third kappa shape index (κ3) is 4.43. The molecule has 0 atom stereocenters. The molecule has 3 nitrogen and oxygen atoms in total. The van der Waals surface area contributed by atoms with Crippen LogP contribution in [0.1, 0.15) is 22.3 Å². The molecule has 2 aromatic carbocycles. The lowest BCUT2D eigenvalue weighted by molar-refractivity contribution is -0.120. The normalized spacial score (nSPS) is 10.8. The minimum Gasteiger partial charge on any atom is -0.273 e. The Bertz CT molecular complexity index is 680. The second-order valence-electron chi connectivity index (χ2n) is 4.92. The van der Waals surface area contributed by atoms with Gasteiger partial charge in [-0.25, -0.2) is 5.43 Å². The summed E-state index contributed by atoms with van der Waals surface area (Å²) >= 11 is 6.00. The standard InChI is InChI=1S/C17H17ClN2O/c1-12-7-8-14(13(2)9-12)10-17(21)20-19-11-15-5-3-4-6-16(15)18/h3-9,11H,10H2,1-2H3,(H,20,21)/b19-11-. The maximum Gasteiger partial charge on any atom is 0.244 e. The Morgan fingerprint density at radius 1 is 1.24 bits per heavy atom. The number of rotatable bonds is 4. The first-order chi connectivity index (χ1) is 10.1. The van der Waals surface area contributed by atoms with Crippen molar-refractivity contribution < 1.29 is 4.79 Å². The molecule has 0 saturated carbocycles. The summed E-state index contributed by atoms with van der Waals surface area (Å²) in [5, 5.41) is 4.54. The fourth-order valence-corrected chi connectivity index (χ4v) is 2.19. The summed E-state index contributed by atoms with van der Waals surface area (Å²) < 4.78 is 0. The van der Waals surface area contributed by atoms with Gasteiger partial charge in [0.2, 0.25) is 5.91 Å². The summed E-state index contributed by atoms with van der Waals surface area (Å²) in [5.74, 6) is -0.148. The van der Waals surface area contributed by atoms with E-state index in [4.69, 9.17) is 11.6 Å². The Kier molecular flexibility index (Phi) is 5.12. The molecule has 0 unspecified atom stereocenters. The number of carbonyl (C=O) groups excluding carboxylic acids is 1. The molecule has 0 radical (unpaired) electrons. The summed E-state index contributed by atoms with van der Waals surface area (Å²) in [6.45, 7) is 4.04. The van der Waals surface area contributed by atoms with Gasteiger partial charge in [-0.15, -0.1) is 0 Å². The molecule has 21 heavy (non-hydrogen) atoms. The SMILES string of the molecule is Cc1ccc(CC(=O)N/N=C\c2ccccc2Cl)c(C)c1. The van der Waals surface area contributed by atoms with E-state index >= 15 is 0 Å². The van der Waals surface area contributed by atoms with Crippen LogP contribution in [-0.4, -0.2) is 12.1 Å². The zero-order valence-corrected chi connectivity index (χ0v) is 12.8. The van der Waals surface area contributed by atoms with E-state index < -0.39 is 0 Å². The summed E-state index contributed by atoms with van der Waals surface area (Å²) in [6, 6.07) is 13.4. The fraction of sp³-hybridized carbons (Fsp3) is 0.176. The van der Waals surface area contributed by atoms with Gasteiger partial charge in [0.05, 0.1) is 12.6 Å². The molecule has 108 valence electrons. The Balaban J connectivity index is 1.95. The summed E-state index contributed by atoms with van der Waals surface area (Å²) in [6.07, 6.45) is 1.86. The Morgan fingerprint density at radius 3 is 2.71 bits per heavy atom. The summed E-state index contributed by atoms with van der Waals surface area (Å²) in [4.78, 5) is 11.9. The van der Waals surface area contributed by atoms with Crippen molar-refractivity contribution in [1.82, 2.24) is 5.43 Å². The highest BCUT2D eigenvalue weighted by Gasteiger charge is 2.05. The number of hydrogen-bond donors (Lipinski definition) is 1. The van der Waals surface area contributed by atoms with Crippen LogP contribution in [0.4, 0.5) is 0 Å².